The standard InChI is InChI=1S/C18H30N4O.HI/c1-5-19-16(23)18(3,4)14-22-17(20-6-2)21-13-12-15-10-8-7-9-11-15;/h7-11H,5-6,12-14H2,1-4H3,(H,19,23)(H2,20,21,22);1H. The van der Waals surface area contributed by atoms with Gasteiger partial charge in [0.15, 0.2) is 5.96 Å². The van der Waals surface area contributed by atoms with E-state index in [-0.39, 0.29) is 29.9 Å². The Morgan fingerprint density at radius 3 is 2.25 bits per heavy atom. The van der Waals surface area contributed by atoms with Crippen LogP contribution in [-0.2, 0) is 11.2 Å². The zero-order valence-electron chi connectivity index (χ0n) is 15.2. The number of rotatable bonds is 8. The summed E-state index contributed by atoms with van der Waals surface area (Å²) in [5.41, 5.74) is 0.774. The lowest BCUT2D eigenvalue weighted by molar-refractivity contribution is -0.128. The van der Waals surface area contributed by atoms with Crippen molar-refractivity contribution >= 4 is 35.8 Å². The van der Waals surface area contributed by atoms with Crippen molar-refractivity contribution in [3.8, 4) is 0 Å². The number of carbonyl (C=O) groups excluding carboxylic acids is 1. The Bertz CT molecular complexity index is 503. The van der Waals surface area contributed by atoms with Crippen molar-refractivity contribution in [3.63, 3.8) is 0 Å². The molecule has 0 aromatic heterocycles. The molecule has 6 heteroatoms. The summed E-state index contributed by atoms with van der Waals surface area (Å²) in [6.45, 7) is 10.5. The van der Waals surface area contributed by atoms with E-state index in [4.69, 9.17) is 0 Å². The van der Waals surface area contributed by atoms with Crippen LogP contribution in [0.25, 0.3) is 0 Å². The number of nitrogens with zero attached hydrogens (tertiary/aromatic N) is 1. The van der Waals surface area contributed by atoms with Crippen LogP contribution in [0.5, 0.6) is 0 Å². The summed E-state index contributed by atoms with van der Waals surface area (Å²) in [7, 11) is 0. The van der Waals surface area contributed by atoms with E-state index in [9.17, 15) is 4.79 Å². The molecule has 0 radical (unpaired) electrons. The highest BCUT2D eigenvalue weighted by Crippen LogP contribution is 2.15. The zero-order chi connectivity index (χ0) is 17.1. The molecule has 0 aliphatic carbocycles. The number of nitrogens with one attached hydrogen (secondary N) is 3. The number of guanidine groups is 1. The molecule has 0 aliphatic heterocycles. The van der Waals surface area contributed by atoms with Crippen molar-refractivity contribution < 1.29 is 4.79 Å². The van der Waals surface area contributed by atoms with Gasteiger partial charge < -0.3 is 16.0 Å². The number of hydrogen-bond acceptors (Lipinski definition) is 2. The van der Waals surface area contributed by atoms with Gasteiger partial charge in [-0.1, -0.05) is 30.3 Å². The van der Waals surface area contributed by atoms with E-state index in [1.165, 1.54) is 5.56 Å². The molecule has 0 spiro atoms. The number of benzene rings is 1. The molecule has 0 atom stereocenters. The third-order valence-corrected chi connectivity index (χ3v) is 3.48. The van der Waals surface area contributed by atoms with Gasteiger partial charge in [-0.3, -0.25) is 9.79 Å². The minimum Gasteiger partial charge on any atom is -0.357 e. The highest BCUT2D eigenvalue weighted by atomic mass is 127. The Kier molecular flexibility index (Phi) is 11.4. The predicted octanol–water partition coefficient (Wildman–Crippen LogP) is 2.56. The Balaban J connectivity index is 0.00000529. The lowest BCUT2D eigenvalue weighted by Crippen LogP contribution is -2.42. The third-order valence-electron chi connectivity index (χ3n) is 3.48. The molecular formula is C18H31IN4O. The Hall–Kier alpha value is -1.31. The van der Waals surface area contributed by atoms with E-state index >= 15 is 0 Å². The van der Waals surface area contributed by atoms with E-state index in [0.717, 1.165) is 25.5 Å². The number of halogens is 1. The van der Waals surface area contributed by atoms with Gasteiger partial charge in [0.25, 0.3) is 0 Å². The molecule has 0 heterocycles. The van der Waals surface area contributed by atoms with Gasteiger partial charge in [0.1, 0.15) is 0 Å². The fourth-order valence-electron chi connectivity index (χ4n) is 2.06. The van der Waals surface area contributed by atoms with Crippen molar-refractivity contribution in [1.29, 1.82) is 0 Å². The van der Waals surface area contributed by atoms with Crippen molar-refractivity contribution in [1.82, 2.24) is 16.0 Å². The van der Waals surface area contributed by atoms with E-state index in [0.29, 0.717) is 13.1 Å². The first-order valence-electron chi connectivity index (χ1n) is 8.34. The molecule has 0 saturated carbocycles. The maximum absolute atomic E-state index is 12.0. The zero-order valence-corrected chi connectivity index (χ0v) is 17.5. The van der Waals surface area contributed by atoms with E-state index in [2.05, 4.69) is 33.1 Å². The average Bonchev–Trinajstić information content (AvgIpc) is 2.54. The predicted molar refractivity (Wildman–Crippen MR) is 112 cm³/mol. The third kappa shape index (κ3) is 8.52. The molecule has 0 fully saturated rings. The Labute approximate surface area is 163 Å². The fraction of sp³-hybridized carbons (Fsp3) is 0.556. The van der Waals surface area contributed by atoms with Crippen molar-refractivity contribution in [2.45, 2.75) is 34.1 Å². The molecule has 5 nitrogen and oxygen atoms in total. The van der Waals surface area contributed by atoms with Crippen LogP contribution in [0.1, 0.15) is 33.3 Å². The summed E-state index contributed by atoms with van der Waals surface area (Å²) in [5, 5.41) is 9.40. The molecule has 24 heavy (non-hydrogen) atoms. The molecule has 0 saturated heterocycles. The van der Waals surface area contributed by atoms with Gasteiger partial charge in [-0.2, -0.15) is 0 Å². The topological polar surface area (TPSA) is 65.5 Å². The van der Waals surface area contributed by atoms with E-state index in [1.54, 1.807) is 0 Å². The summed E-state index contributed by atoms with van der Waals surface area (Å²) in [5.74, 6) is 0.782. The number of hydrogen-bond donors (Lipinski definition) is 3. The largest absolute Gasteiger partial charge is 0.357 e. The first kappa shape index (κ1) is 22.7. The summed E-state index contributed by atoms with van der Waals surface area (Å²) < 4.78 is 0. The van der Waals surface area contributed by atoms with Crippen LogP contribution >= 0.6 is 24.0 Å². The molecule has 1 amide bonds. The maximum Gasteiger partial charge on any atom is 0.227 e. The van der Waals surface area contributed by atoms with Gasteiger partial charge >= 0.3 is 0 Å². The Morgan fingerprint density at radius 2 is 1.67 bits per heavy atom. The van der Waals surface area contributed by atoms with Gasteiger partial charge in [-0.05, 0) is 39.7 Å². The molecule has 0 aliphatic rings. The molecule has 0 unspecified atom stereocenters. The van der Waals surface area contributed by atoms with E-state index < -0.39 is 5.41 Å². The van der Waals surface area contributed by atoms with Crippen LogP contribution in [0, 0.1) is 5.41 Å². The molecule has 136 valence electrons. The molecule has 0 bridgehead atoms. The highest BCUT2D eigenvalue weighted by Gasteiger charge is 2.26. The number of aliphatic imine (C=N–C) groups is 1. The summed E-state index contributed by atoms with van der Waals surface area (Å²) >= 11 is 0. The maximum atomic E-state index is 12.0. The number of carbonyl (C=O) groups is 1. The fourth-order valence-corrected chi connectivity index (χ4v) is 2.06. The lowest BCUT2D eigenvalue weighted by Gasteiger charge is -2.22. The van der Waals surface area contributed by atoms with Crippen molar-refractivity contribution in [3.05, 3.63) is 35.9 Å². The summed E-state index contributed by atoms with van der Waals surface area (Å²) in [6.07, 6.45) is 0.935. The number of amides is 1. The van der Waals surface area contributed by atoms with Gasteiger partial charge in [0, 0.05) is 19.6 Å². The van der Waals surface area contributed by atoms with E-state index in [1.807, 2.05) is 45.9 Å². The van der Waals surface area contributed by atoms with Crippen LogP contribution in [0.3, 0.4) is 0 Å². The van der Waals surface area contributed by atoms with Crippen LogP contribution in [0.2, 0.25) is 0 Å². The van der Waals surface area contributed by atoms with Crippen molar-refractivity contribution in [2.75, 3.05) is 26.2 Å². The van der Waals surface area contributed by atoms with Crippen LogP contribution < -0.4 is 16.0 Å². The molecule has 1 rings (SSSR count). The van der Waals surface area contributed by atoms with Gasteiger partial charge in [0.2, 0.25) is 5.91 Å². The first-order valence-corrected chi connectivity index (χ1v) is 8.34. The lowest BCUT2D eigenvalue weighted by atomic mass is 9.92. The second-order valence-corrected chi connectivity index (χ2v) is 6.10. The van der Waals surface area contributed by atoms with Crippen LogP contribution in [0.15, 0.2) is 35.3 Å². The van der Waals surface area contributed by atoms with Gasteiger partial charge in [-0.25, -0.2) is 0 Å². The van der Waals surface area contributed by atoms with Crippen LogP contribution in [-0.4, -0.2) is 38.0 Å². The summed E-state index contributed by atoms with van der Waals surface area (Å²) in [4.78, 5) is 16.6. The van der Waals surface area contributed by atoms with Gasteiger partial charge in [0.05, 0.1) is 12.0 Å². The van der Waals surface area contributed by atoms with Crippen LogP contribution in [0.4, 0.5) is 0 Å². The minimum absolute atomic E-state index is 0. The second-order valence-electron chi connectivity index (χ2n) is 6.10. The normalized spacial score (nSPS) is 11.4. The summed E-state index contributed by atoms with van der Waals surface area (Å²) in [6, 6.07) is 10.3. The smallest absolute Gasteiger partial charge is 0.227 e. The molecule has 1 aromatic rings. The first-order chi connectivity index (χ1) is 11.0. The molecule has 1 aromatic carbocycles. The SMILES string of the molecule is CCNC(=O)C(C)(C)CN=C(NCC)NCCc1ccccc1.I. The molecular weight excluding hydrogens is 415 g/mol. The monoisotopic (exact) mass is 446 g/mol. The average molecular weight is 446 g/mol. The highest BCUT2D eigenvalue weighted by molar-refractivity contribution is 14.0. The van der Waals surface area contributed by atoms with Crippen molar-refractivity contribution in [2.24, 2.45) is 10.4 Å². The second kappa shape index (κ2) is 12.1. The van der Waals surface area contributed by atoms with Gasteiger partial charge in [-0.15, -0.1) is 24.0 Å². The quantitative estimate of drug-likeness (QED) is 0.327. The Morgan fingerprint density at radius 1 is 1.04 bits per heavy atom. The minimum atomic E-state index is -0.516. The molecule has 3 N–H and O–H groups in total.